The molecule has 2 amide bonds. The lowest BCUT2D eigenvalue weighted by atomic mass is 10.0. The highest BCUT2D eigenvalue weighted by Gasteiger charge is 2.27. The van der Waals surface area contributed by atoms with Gasteiger partial charge in [0.15, 0.2) is 0 Å². The molecule has 12 heteroatoms. The summed E-state index contributed by atoms with van der Waals surface area (Å²) >= 11 is 0.859. The molecule has 0 saturated heterocycles. The van der Waals surface area contributed by atoms with Crippen LogP contribution < -0.4 is 11.1 Å². The smallest absolute Gasteiger partial charge is 0.280 e. The van der Waals surface area contributed by atoms with Crippen LogP contribution in [0.4, 0.5) is 14.5 Å². The summed E-state index contributed by atoms with van der Waals surface area (Å²) in [6.45, 7) is 7.73. The van der Waals surface area contributed by atoms with Crippen molar-refractivity contribution in [1.29, 1.82) is 0 Å². The van der Waals surface area contributed by atoms with E-state index in [4.69, 9.17) is 5.73 Å². The Morgan fingerprint density at radius 3 is 2.41 bits per heavy atom. The van der Waals surface area contributed by atoms with E-state index >= 15 is 0 Å². The topological polar surface area (TPSA) is 121 Å². The molecular formula is C22H23F2N7O2S. The summed E-state index contributed by atoms with van der Waals surface area (Å²) in [4.78, 5) is 29.9. The number of hydrogen-bond acceptors (Lipinski definition) is 6. The summed E-state index contributed by atoms with van der Waals surface area (Å²) in [6.07, 6.45) is -1.14. The van der Waals surface area contributed by atoms with E-state index in [-0.39, 0.29) is 15.4 Å². The number of anilines is 1. The van der Waals surface area contributed by atoms with E-state index in [1.807, 2.05) is 6.92 Å². The highest BCUT2D eigenvalue weighted by molar-refractivity contribution is 7.21. The number of hydrogen-bond donors (Lipinski definition) is 2. The van der Waals surface area contributed by atoms with E-state index in [1.54, 1.807) is 43.4 Å². The first kappa shape index (κ1) is 23.5. The van der Waals surface area contributed by atoms with Crippen LogP contribution in [0.2, 0.25) is 0 Å². The van der Waals surface area contributed by atoms with Crippen molar-refractivity contribution < 1.29 is 18.4 Å². The number of carbonyl (C=O) groups excluding carboxylic acids is 2. The third-order valence-electron chi connectivity index (χ3n) is 5.58. The molecule has 3 N–H and O–H groups in total. The van der Waals surface area contributed by atoms with Gasteiger partial charge in [0.2, 0.25) is 0 Å². The summed E-state index contributed by atoms with van der Waals surface area (Å²) in [6, 6.07) is 1.26. The molecule has 0 aliphatic heterocycles. The minimum Gasteiger partial charge on any atom is -0.365 e. The van der Waals surface area contributed by atoms with E-state index in [0.29, 0.717) is 45.7 Å². The Balaban J connectivity index is 1.98. The van der Waals surface area contributed by atoms with Crippen LogP contribution in [0, 0.1) is 20.8 Å². The average Bonchev–Trinajstić information content (AvgIpc) is 3.39. The Morgan fingerprint density at radius 1 is 1.18 bits per heavy atom. The summed E-state index contributed by atoms with van der Waals surface area (Å²) < 4.78 is 30.6. The number of halogens is 2. The molecule has 0 radical (unpaired) electrons. The maximum atomic E-state index is 13.7. The van der Waals surface area contributed by atoms with Crippen molar-refractivity contribution in [2.45, 2.75) is 40.7 Å². The van der Waals surface area contributed by atoms with Gasteiger partial charge in [-0.05, 0) is 39.3 Å². The molecule has 0 atom stereocenters. The number of aromatic nitrogens is 5. The second-order valence-electron chi connectivity index (χ2n) is 7.86. The fraction of sp³-hybridized carbons (Fsp3) is 0.318. The third kappa shape index (κ3) is 3.83. The standard InChI is InChI=1S/C22H23F2N7O2S/c1-6-31-11(4)15(10(3)29-31)21(33)27-17-16-12(13-8-30(5)28-9(13)2)7-14(19(23)24)26-22(16)34-18(17)20(25)32/h7-8,19H,6H2,1-5H3,(H2,25,32)(H,27,33). The summed E-state index contributed by atoms with van der Waals surface area (Å²) in [5.41, 5.74) is 8.40. The molecule has 0 spiro atoms. The second-order valence-corrected chi connectivity index (χ2v) is 8.86. The number of primary amides is 1. The van der Waals surface area contributed by atoms with Gasteiger partial charge in [-0.2, -0.15) is 10.2 Å². The van der Waals surface area contributed by atoms with Gasteiger partial charge >= 0.3 is 0 Å². The normalized spacial score (nSPS) is 11.5. The highest BCUT2D eigenvalue weighted by Crippen LogP contribution is 2.43. The zero-order valence-corrected chi connectivity index (χ0v) is 20.0. The lowest BCUT2D eigenvalue weighted by molar-refractivity contribution is 0.100. The molecule has 9 nitrogen and oxygen atoms in total. The van der Waals surface area contributed by atoms with E-state index in [0.717, 1.165) is 11.3 Å². The number of aryl methyl sites for hydroxylation is 4. The van der Waals surface area contributed by atoms with Crippen molar-refractivity contribution in [3.8, 4) is 11.1 Å². The number of alkyl halides is 2. The summed E-state index contributed by atoms with van der Waals surface area (Å²) in [5.74, 6) is -1.29. The minimum absolute atomic E-state index is 0.0169. The molecule has 4 aromatic heterocycles. The second kappa shape index (κ2) is 8.60. The van der Waals surface area contributed by atoms with Gasteiger partial charge < -0.3 is 11.1 Å². The Kier molecular flexibility index (Phi) is 5.94. The monoisotopic (exact) mass is 487 g/mol. The fourth-order valence-corrected chi connectivity index (χ4v) is 5.12. The average molecular weight is 488 g/mol. The molecular weight excluding hydrogens is 464 g/mol. The minimum atomic E-state index is -2.83. The van der Waals surface area contributed by atoms with Crippen LogP contribution in [-0.2, 0) is 13.6 Å². The van der Waals surface area contributed by atoms with E-state index < -0.39 is 23.9 Å². The highest BCUT2D eigenvalue weighted by atomic mass is 32.1. The fourth-order valence-electron chi connectivity index (χ4n) is 4.11. The van der Waals surface area contributed by atoms with E-state index in [2.05, 4.69) is 20.5 Å². The SMILES string of the molecule is CCn1nc(C)c(C(=O)Nc2c(C(N)=O)sc3nc(C(F)F)cc(-c4cn(C)nc4C)c23)c1C. The van der Waals surface area contributed by atoms with Gasteiger partial charge in [-0.15, -0.1) is 11.3 Å². The van der Waals surface area contributed by atoms with Crippen molar-refractivity contribution in [2.75, 3.05) is 5.32 Å². The summed E-state index contributed by atoms with van der Waals surface area (Å²) in [5, 5.41) is 11.8. The molecule has 0 aliphatic rings. The van der Waals surface area contributed by atoms with Gasteiger partial charge in [0.25, 0.3) is 18.2 Å². The number of amides is 2. The number of rotatable bonds is 6. The predicted octanol–water partition coefficient (Wildman–Crippen LogP) is 4.13. The van der Waals surface area contributed by atoms with E-state index in [1.165, 1.54) is 6.07 Å². The molecule has 0 saturated carbocycles. The van der Waals surface area contributed by atoms with Gasteiger partial charge in [-0.3, -0.25) is 19.0 Å². The van der Waals surface area contributed by atoms with Crippen molar-refractivity contribution in [1.82, 2.24) is 24.5 Å². The number of pyridine rings is 1. The molecule has 0 aromatic carbocycles. The molecule has 4 heterocycles. The Hall–Kier alpha value is -3.67. The zero-order valence-electron chi connectivity index (χ0n) is 19.2. The first-order valence-corrected chi connectivity index (χ1v) is 11.3. The van der Waals surface area contributed by atoms with Gasteiger partial charge in [0.1, 0.15) is 15.4 Å². The largest absolute Gasteiger partial charge is 0.365 e. The molecule has 0 bridgehead atoms. The zero-order chi connectivity index (χ0) is 24.9. The number of carbonyl (C=O) groups is 2. The Bertz CT molecular complexity index is 1450. The maximum Gasteiger partial charge on any atom is 0.280 e. The number of nitrogens with two attached hydrogens (primary N) is 1. The quantitative estimate of drug-likeness (QED) is 0.424. The molecule has 4 rings (SSSR count). The molecule has 34 heavy (non-hydrogen) atoms. The van der Waals surface area contributed by atoms with Crippen LogP contribution in [0.5, 0.6) is 0 Å². The molecule has 4 aromatic rings. The third-order valence-corrected chi connectivity index (χ3v) is 6.68. The number of thiophene rings is 1. The first-order chi connectivity index (χ1) is 16.0. The van der Waals surface area contributed by atoms with Gasteiger partial charge in [-0.1, -0.05) is 0 Å². The number of nitrogens with zero attached hydrogens (tertiary/aromatic N) is 5. The van der Waals surface area contributed by atoms with Crippen LogP contribution >= 0.6 is 11.3 Å². The van der Waals surface area contributed by atoms with Crippen LogP contribution in [-0.4, -0.2) is 36.4 Å². The van der Waals surface area contributed by atoms with Crippen LogP contribution in [0.1, 0.15) is 56.2 Å². The molecule has 0 unspecified atom stereocenters. The van der Waals surface area contributed by atoms with Gasteiger partial charge in [0, 0.05) is 36.4 Å². The number of fused-ring (bicyclic) bond motifs is 1. The van der Waals surface area contributed by atoms with Crippen molar-refractivity contribution in [3.05, 3.63) is 45.5 Å². The molecule has 178 valence electrons. The molecule has 0 fully saturated rings. The Morgan fingerprint density at radius 2 is 1.88 bits per heavy atom. The molecule has 0 aliphatic carbocycles. The predicted molar refractivity (Wildman–Crippen MR) is 125 cm³/mol. The first-order valence-electron chi connectivity index (χ1n) is 10.4. The van der Waals surface area contributed by atoms with Crippen LogP contribution in [0.15, 0.2) is 12.3 Å². The van der Waals surface area contributed by atoms with Crippen LogP contribution in [0.25, 0.3) is 21.3 Å². The maximum absolute atomic E-state index is 13.7. The number of nitrogens with one attached hydrogen (secondary N) is 1. The van der Waals surface area contributed by atoms with Crippen molar-refractivity contribution in [2.24, 2.45) is 12.8 Å². The van der Waals surface area contributed by atoms with E-state index in [9.17, 15) is 18.4 Å². The lowest BCUT2D eigenvalue weighted by Crippen LogP contribution is -2.18. The van der Waals surface area contributed by atoms with Gasteiger partial charge in [-0.25, -0.2) is 13.8 Å². The van der Waals surface area contributed by atoms with Gasteiger partial charge in [0.05, 0.1) is 22.6 Å². The Labute approximate surface area is 197 Å². The summed E-state index contributed by atoms with van der Waals surface area (Å²) in [7, 11) is 1.71. The van der Waals surface area contributed by atoms with Crippen LogP contribution in [0.3, 0.4) is 0 Å². The van der Waals surface area contributed by atoms with Crippen molar-refractivity contribution >= 4 is 39.1 Å². The van der Waals surface area contributed by atoms with Crippen molar-refractivity contribution in [3.63, 3.8) is 0 Å². The lowest BCUT2D eigenvalue weighted by Gasteiger charge is -2.11.